The first-order valence-electron chi connectivity index (χ1n) is 8.27. The number of anilines is 2. The lowest BCUT2D eigenvalue weighted by molar-refractivity contribution is -0.136. The van der Waals surface area contributed by atoms with Crippen molar-refractivity contribution >= 4 is 29.3 Å². The molecule has 9 nitrogen and oxygen atoms in total. The first-order chi connectivity index (χ1) is 12.9. The Bertz CT molecular complexity index is 840. The molecule has 0 radical (unpaired) electrons. The van der Waals surface area contributed by atoms with Crippen LogP contribution >= 0.6 is 0 Å². The summed E-state index contributed by atoms with van der Waals surface area (Å²) >= 11 is 0. The fraction of sp³-hybridized carbons (Fsp3) is 0.278. The van der Waals surface area contributed by atoms with Crippen molar-refractivity contribution in [3.63, 3.8) is 0 Å². The van der Waals surface area contributed by atoms with Gasteiger partial charge in [-0.3, -0.25) is 9.59 Å². The molecular formula is C18H21N5O4. The topological polar surface area (TPSA) is 128 Å². The smallest absolute Gasteiger partial charge is 0.361 e. The van der Waals surface area contributed by atoms with Gasteiger partial charge in [0.15, 0.2) is 18.1 Å². The quantitative estimate of drug-likeness (QED) is 0.691. The maximum Gasteiger partial charge on any atom is 0.361 e. The maximum absolute atomic E-state index is 12.2. The number of amides is 2. The second-order valence-corrected chi connectivity index (χ2v) is 5.67. The van der Waals surface area contributed by atoms with E-state index in [1.54, 1.807) is 6.07 Å². The van der Waals surface area contributed by atoms with Crippen LogP contribution in [0.3, 0.4) is 0 Å². The lowest BCUT2D eigenvalue weighted by atomic mass is 10.1. The van der Waals surface area contributed by atoms with Gasteiger partial charge in [0.25, 0.3) is 5.91 Å². The van der Waals surface area contributed by atoms with Gasteiger partial charge in [-0.05, 0) is 18.1 Å². The lowest BCUT2D eigenvalue weighted by Crippen LogP contribution is -2.37. The van der Waals surface area contributed by atoms with Crippen LogP contribution in [0, 0.1) is 0 Å². The predicted molar refractivity (Wildman–Crippen MR) is 98.8 cm³/mol. The molecule has 0 saturated heterocycles. The van der Waals surface area contributed by atoms with E-state index < -0.39 is 18.5 Å². The third-order valence-corrected chi connectivity index (χ3v) is 3.73. The summed E-state index contributed by atoms with van der Waals surface area (Å²) in [5, 5.41) is 2.77. The highest BCUT2D eigenvalue weighted by Gasteiger charge is 2.18. The van der Waals surface area contributed by atoms with Crippen LogP contribution in [0.4, 0.5) is 11.5 Å². The Hall–Kier alpha value is -3.49. The molecule has 0 saturated carbocycles. The van der Waals surface area contributed by atoms with Gasteiger partial charge in [-0.2, -0.15) is 0 Å². The molecule has 0 aliphatic rings. The normalized spacial score (nSPS) is 10.1. The molecule has 2 aromatic rings. The average molecular weight is 371 g/mol. The molecule has 2 rings (SSSR count). The number of ether oxygens (including phenoxy) is 1. The van der Waals surface area contributed by atoms with Crippen molar-refractivity contribution in [1.29, 1.82) is 0 Å². The predicted octanol–water partition coefficient (Wildman–Crippen LogP) is 0.875. The van der Waals surface area contributed by atoms with Crippen LogP contribution in [0.2, 0.25) is 0 Å². The van der Waals surface area contributed by atoms with Crippen molar-refractivity contribution in [1.82, 2.24) is 14.9 Å². The molecule has 142 valence electrons. The summed E-state index contributed by atoms with van der Waals surface area (Å²) < 4.78 is 4.88. The SMILES string of the molecule is CCc1ccccc1NC(=O)CN(C)C(=O)COC(=O)c1nccnc1N. The Labute approximate surface area is 156 Å². The van der Waals surface area contributed by atoms with Gasteiger partial charge >= 0.3 is 5.97 Å². The fourth-order valence-electron chi connectivity index (χ4n) is 2.26. The Kier molecular flexibility index (Phi) is 6.81. The minimum absolute atomic E-state index is 0.0859. The number of nitrogen functional groups attached to an aromatic ring is 1. The number of likely N-dealkylation sites (N-methyl/N-ethyl adjacent to an activating group) is 1. The van der Waals surface area contributed by atoms with Gasteiger partial charge in [0, 0.05) is 25.1 Å². The second kappa shape index (κ2) is 9.27. The average Bonchev–Trinajstić information content (AvgIpc) is 2.66. The lowest BCUT2D eigenvalue weighted by Gasteiger charge is -2.17. The number of carbonyl (C=O) groups excluding carboxylic acids is 3. The Morgan fingerprint density at radius 3 is 2.59 bits per heavy atom. The monoisotopic (exact) mass is 371 g/mol. The standard InChI is InChI=1S/C18H21N5O4/c1-3-12-6-4-5-7-13(12)22-14(24)10-23(2)15(25)11-27-18(26)16-17(19)21-9-8-20-16/h4-9H,3,10-11H2,1-2H3,(H2,19,21)(H,22,24). The highest BCUT2D eigenvalue weighted by atomic mass is 16.5. The van der Waals surface area contributed by atoms with Gasteiger partial charge in [0.1, 0.15) is 0 Å². The first-order valence-corrected chi connectivity index (χ1v) is 8.27. The van der Waals surface area contributed by atoms with E-state index in [1.165, 1.54) is 19.4 Å². The molecule has 0 atom stereocenters. The summed E-state index contributed by atoms with van der Waals surface area (Å²) in [5.41, 5.74) is 7.06. The fourth-order valence-corrected chi connectivity index (χ4v) is 2.26. The zero-order chi connectivity index (χ0) is 19.8. The number of rotatable bonds is 7. The largest absolute Gasteiger partial charge is 0.451 e. The number of nitrogens with zero attached hydrogens (tertiary/aromatic N) is 3. The summed E-state index contributed by atoms with van der Waals surface area (Å²) in [4.78, 5) is 44.7. The number of carbonyl (C=O) groups is 3. The molecule has 0 fully saturated rings. The maximum atomic E-state index is 12.2. The Morgan fingerprint density at radius 2 is 1.89 bits per heavy atom. The molecule has 3 N–H and O–H groups in total. The zero-order valence-corrected chi connectivity index (χ0v) is 15.1. The molecule has 0 aliphatic carbocycles. The number of esters is 1. The van der Waals surface area contributed by atoms with E-state index in [9.17, 15) is 14.4 Å². The van der Waals surface area contributed by atoms with Crippen LogP contribution in [0.15, 0.2) is 36.7 Å². The molecule has 2 amide bonds. The third kappa shape index (κ3) is 5.50. The minimum Gasteiger partial charge on any atom is -0.451 e. The summed E-state index contributed by atoms with van der Waals surface area (Å²) in [6.45, 7) is 1.27. The molecule has 1 aromatic carbocycles. The van der Waals surface area contributed by atoms with Crippen molar-refractivity contribution in [2.24, 2.45) is 0 Å². The van der Waals surface area contributed by atoms with Crippen LogP contribution in [0.5, 0.6) is 0 Å². The summed E-state index contributed by atoms with van der Waals surface area (Å²) in [7, 11) is 1.44. The van der Waals surface area contributed by atoms with Gasteiger partial charge < -0.3 is 20.7 Å². The van der Waals surface area contributed by atoms with Crippen LogP contribution in [0.25, 0.3) is 0 Å². The summed E-state index contributed by atoms with van der Waals surface area (Å²) in [5.74, 6) is -1.83. The number of aryl methyl sites for hydroxylation is 1. The van der Waals surface area contributed by atoms with Crippen molar-refractivity contribution in [2.45, 2.75) is 13.3 Å². The van der Waals surface area contributed by atoms with E-state index in [4.69, 9.17) is 10.5 Å². The van der Waals surface area contributed by atoms with Gasteiger partial charge in [0.05, 0.1) is 6.54 Å². The number of hydrogen-bond acceptors (Lipinski definition) is 7. The molecule has 1 heterocycles. The highest BCUT2D eigenvalue weighted by Crippen LogP contribution is 2.15. The Morgan fingerprint density at radius 1 is 1.19 bits per heavy atom. The number of nitrogens with two attached hydrogens (primary N) is 1. The van der Waals surface area contributed by atoms with Crippen molar-refractivity contribution in [2.75, 3.05) is 31.2 Å². The van der Waals surface area contributed by atoms with Crippen molar-refractivity contribution in [3.8, 4) is 0 Å². The molecule has 27 heavy (non-hydrogen) atoms. The van der Waals surface area contributed by atoms with E-state index in [-0.39, 0.29) is 24.0 Å². The van der Waals surface area contributed by atoms with Crippen LogP contribution < -0.4 is 11.1 Å². The summed E-state index contributed by atoms with van der Waals surface area (Å²) in [6, 6.07) is 7.43. The van der Waals surface area contributed by atoms with Crippen molar-refractivity contribution < 1.29 is 19.1 Å². The number of hydrogen-bond donors (Lipinski definition) is 2. The number of para-hydroxylation sites is 1. The molecular weight excluding hydrogens is 350 g/mol. The molecule has 1 aromatic heterocycles. The first kappa shape index (κ1) is 19.8. The van der Waals surface area contributed by atoms with E-state index in [1.807, 2.05) is 25.1 Å². The highest BCUT2D eigenvalue weighted by molar-refractivity contribution is 5.96. The van der Waals surface area contributed by atoms with E-state index >= 15 is 0 Å². The number of aromatic nitrogens is 2. The van der Waals surface area contributed by atoms with Gasteiger partial charge in [0.2, 0.25) is 5.91 Å². The van der Waals surface area contributed by atoms with Crippen LogP contribution in [-0.4, -0.2) is 52.9 Å². The minimum atomic E-state index is -0.858. The number of nitrogens with one attached hydrogen (secondary N) is 1. The van der Waals surface area contributed by atoms with Gasteiger partial charge in [-0.1, -0.05) is 25.1 Å². The molecule has 0 unspecified atom stereocenters. The second-order valence-electron chi connectivity index (χ2n) is 5.67. The zero-order valence-electron chi connectivity index (χ0n) is 15.1. The van der Waals surface area contributed by atoms with Crippen molar-refractivity contribution in [3.05, 3.63) is 47.9 Å². The van der Waals surface area contributed by atoms with E-state index in [2.05, 4.69) is 15.3 Å². The molecule has 0 bridgehead atoms. The molecule has 0 spiro atoms. The Balaban J connectivity index is 1.85. The third-order valence-electron chi connectivity index (χ3n) is 3.73. The van der Waals surface area contributed by atoms with Crippen LogP contribution in [-0.2, 0) is 20.7 Å². The van der Waals surface area contributed by atoms with E-state index in [0.717, 1.165) is 16.9 Å². The molecule has 0 aliphatic heterocycles. The van der Waals surface area contributed by atoms with Gasteiger partial charge in [-0.15, -0.1) is 0 Å². The number of benzene rings is 1. The van der Waals surface area contributed by atoms with Crippen LogP contribution in [0.1, 0.15) is 23.0 Å². The molecule has 9 heteroatoms. The van der Waals surface area contributed by atoms with Gasteiger partial charge in [-0.25, -0.2) is 14.8 Å². The summed E-state index contributed by atoms with van der Waals surface area (Å²) in [6.07, 6.45) is 3.40. The van der Waals surface area contributed by atoms with E-state index in [0.29, 0.717) is 5.69 Å².